The molecule has 1 aliphatic rings. The van der Waals surface area contributed by atoms with E-state index in [9.17, 15) is 9.59 Å². The van der Waals surface area contributed by atoms with E-state index < -0.39 is 0 Å². The van der Waals surface area contributed by atoms with E-state index in [4.69, 9.17) is 9.47 Å². The average Bonchev–Trinajstić information content (AvgIpc) is 2.90. The molecule has 0 saturated carbocycles. The normalized spacial score (nSPS) is 12.1. The lowest BCUT2D eigenvalue weighted by Gasteiger charge is -2.20. The molecular weight excluding hydrogens is 272 g/mol. The maximum Gasteiger partial charge on any atom is 0.243 e. The van der Waals surface area contributed by atoms with Gasteiger partial charge in [0, 0.05) is 25.2 Å². The zero-order valence-corrected chi connectivity index (χ0v) is 12.3. The molecule has 2 rings (SSSR count). The number of fused-ring (bicyclic) bond motifs is 1. The van der Waals surface area contributed by atoms with Gasteiger partial charge in [-0.05, 0) is 18.6 Å². The molecule has 0 radical (unpaired) electrons. The quantitative estimate of drug-likeness (QED) is 0.871. The van der Waals surface area contributed by atoms with Crippen LogP contribution in [0.3, 0.4) is 0 Å². The molecule has 2 amide bonds. The molecule has 1 heterocycles. The highest BCUT2D eigenvalue weighted by atomic mass is 16.7. The molecule has 6 heteroatoms. The molecule has 0 saturated heterocycles. The lowest BCUT2D eigenvalue weighted by molar-refractivity contribution is -0.132. The molecule has 0 aromatic heterocycles. The summed E-state index contributed by atoms with van der Waals surface area (Å²) in [5.74, 6) is 0.966. The van der Waals surface area contributed by atoms with Crippen LogP contribution in [0.15, 0.2) is 18.2 Å². The molecule has 1 aromatic carbocycles. The van der Waals surface area contributed by atoms with Gasteiger partial charge in [-0.2, -0.15) is 0 Å². The second kappa shape index (κ2) is 6.97. The van der Waals surface area contributed by atoms with Crippen molar-refractivity contribution < 1.29 is 19.1 Å². The van der Waals surface area contributed by atoms with Crippen molar-refractivity contribution in [3.63, 3.8) is 0 Å². The Hall–Kier alpha value is -2.24. The van der Waals surface area contributed by atoms with Gasteiger partial charge in [-0.25, -0.2) is 0 Å². The first-order chi connectivity index (χ1) is 10.1. The number of rotatable bonds is 6. The number of carbonyl (C=O) groups is 2. The van der Waals surface area contributed by atoms with Gasteiger partial charge in [0.2, 0.25) is 18.6 Å². The van der Waals surface area contributed by atoms with Crippen molar-refractivity contribution in [2.24, 2.45) is 0 Å². The van der Waals surface area contributed by atoms with E-state index >= 15 is 0 Å². The average molecular weight is 292 g/mol. The predicted octanol–water partition coefficient (Wildman–Crippen LogP) is 2.00. The van der Waals surface area contributed by atoms with Gasteiger partial charge >= 0.3 is 0 Å². The minimum atomic E-state index is -0.222. The van der Waals surface area contributed by atoms with E-state index in [1.165, 1.54) is 6.92 Å². The Bertz CT molecular complexity index is 530. The van der Waals surface area contributed by atoms with Gasteiger partial charge in [0.25, 0.3) is 0 Å². The third kappa shape index (κ3) is 4.11. The summed E-state index contributed by atoms with van der Waals surface area (Å²) in [5, 5.41) is 2.77. The van der Waals surface area contributed by atoms with Gasteiger partial charge in [0.15, 0.2) is 11.5 Å². The highest BCUT2D eigenvalue weighted by Gasteiger charge is 2.16. The van der Waals surface area contributed by atoms with E-state index in [-0.39, 0.29) is 25.2 Å². The topological polar surface area (TPSA) is 67.9 Å². The number of hydrogen-bond donors (Lipinski definition) is 1. The fourth-order valence-electron chi connectivity index (χ4n) is 2.04. The molecule has 0 unspecified atom stereocenters. The molecule has 21 heavy (non-hydrogen) atoms. The van der Waals surface area contributed by atoms with Crippen LogP contribution in [0.4, 0.5) is 5.69 Å². The van der Waals surface area contributed by atoms with Crippen LogP contribution in [-0.4, -0.2) is 36.6 Å². The highest BCUT2D eigenvalue weighted by Crippen LogP contribution is 2.34. The van der Waals surface area contributed by atoms with Gasteiger partial charge in [0.1, 0.15) is 0 Å². The van der Waals surface area contributed by atoms with E-state index in [0.717, 1.165) is 12.8 Å². The van der Waals surface area contributed by atoms with Crippen LogP contribution in [-0.2, 0) is 9.59 Å². The molecule has 0 aliphatic carbocycles. The van der Waals surface area contributed by atoms with E-state index in [1.807, 2.05) is 6.92 Å². The standard InChI is InChI=1S/C15H20N2O4/c1-3-4-7-17(11(2)18)9-15(19)16-12-5-6-13-14(8-12)21-10-20-13/h5-6,8H,3-4,7,9-10H2,1-2H3,(H,16,19). The summed E-state index contributed by atoms with van der Waals surface area (Å²) in [7, 11) is 0. The van der Waals surface area contributed by atoms with Crippen LogP contribution in [0.2, 0.25) is 0 Å². The summed E-state index contributed by atoms with van der Waals surface area (Å²) >= 11 is 0. The Kier molecular flexibility index (Phi) is 5.03. The molecule has 114 valence electrons. The van der Waals surface area contributed by atoms with Gasteiger partial charge in [-0.15, -0.1) is 0 Å². The van der Waals surface area contributed by atoms with Gasteiger partial charge < -0.3 is 19.7 Å². The molecule has 0 spiro atoms. The van der Waals surface area contributed by atoms with Gasteiger partial charge in [-0.1, -0.05) is 13.3 Å². The van der Waals surface area contributed by atoms with E-state index in [2.05, 4.69) is 5.32 Å². The first kappa shape index (κ1) is 15.2. The molecule has 0 bridgehead atoms. The molecule has 1 aromatic rings. The fourth-order valence-corrected chi connectivity index (χ4v) is 2.04. The SMILES string of the molecule is CCCCN(CC(=O)Nc1ccc2c(c1)OCO2)C(C)=O. The smallest absolute Gasteiger partial charge is 0.243 e. The number of nitrogens with one attached hydrogen (secondary N) is 1. The summed E-state index contributed by atoms with van der Waals surface area (Å²) in [5.41, 5.74) is 0.628. The predicted molar refractivity (Wildman–Crippen MR) is 78.4 cm³/mol. The van der Waals surface area contributed by atoms with Crippen LogP contribution in [0, 0.1) is 0 Å². The largest absolute Gasteiger partial charge is 0.454 e. The van der Waals surface area contributed by atoms with Crippen LogP contribution >= 0.6 is 0 Å². The first-order valence-corrected chi connectivity index (χ1v) is 7.05. The van der Waals surface area contributed by atoms with E-state index in [0.29, 0.717) is 23.7 Å². The van der Waals surface area contributed by atoms with Crippen molar-refractivity contribution in [1.29, 1.82) is 0 Å². The number of anilines is 1. The molecular formula is C15H20N2O4. The Morgan fingerprint density at radius 3 is 2.76 bits per heavy atom. The zero-order valence-electron chi connectivity index (χ0n) is 12.3. The van der Waals surface area contributed by atoms with E-state index in [1.54, 1.807) is 23.1 Å². The van der Waals surface area contributed by atoms with Crippen LogP contribution in [0.5, 0.6) is 11.5 Å². The Morgan fingerprint density at radius 2 is 2.05 bits per heavy atom. The van der Waals surface area contributed by atoms with Crippen molar-refractivity contribution in [1.82, 2.24) is 4.90 Å². The first-order valence-electron chi connectivity index (χ1n) is 7.05. The minimum absolute atomic E-state index is 0.0593. The molecule has 1 N–H and O–H groups in total. The third-order valence-corrected chi connectivity index (χ3v) is 3.22. The number of amides is 2. The number of carbonyl (C=O) groups excluding carboxylic acids is 2. The monoisotopic (exact) mass is 292 g/mol. The third-order valence-electron chi connectivity index (χ3n) is 3.22. The van der Waals surface area contributed by atoms with Crippen molar-refractivity contribution in [3.8, 4) is 11.5 Å². The minimum Gasteiger partial charge on any atom is -0.454 e. The molecule has 6 nitrogen and oxygen atoms in total. The maximum atomic E-state index is 12.0. The number of benzene rings is 1. The Balaban J connectivity index is 1.92. The van der Waals surface area contributed by atoms with Crippen molar-refractivity contribution >= 4 is 17.5 Å². The number of hydrogen-bond acceptors (Lipinski definition) is 4. The number of unbranched alkanes of at least 4 members (excludes halogenated alkanes) is 1. The van der Waals surface area contributed by atoms with Crippen molar-refractivity contribution in [2.75, 3.05) is 25.2 Å². The maximum absolute atomic E-state index is 12.0. The fraction of sp³-hybridized carbons (Fsp3) is 0.467. The van der Waals surface area contributed by atoms with Gasteiger partial charge in [-0.3, -0.25) is 9.59 Å². The summed E-state index contributed by atoms with van der Waals surface area (Å²) in [4.78, 5) is 25.1. The van der Waals surface area contributed by atoms with Crippen molar-refractivity contribution in [2.45, 2.75) is 26.7 Å². The summed E-state index contributed by atoms with van der Waals surface area (Å²) in [6.45, 7) is 4.38. The lowest BCUT2D eigenvalue weighted by Crippen LogP contribution is -2.37. The van der Waals surface area contributed by atoms with Crippen LogP contribution in [0.1, 0.15) is 26.7 Å². The second-order valence-corrected chi connectivity index (χ2v) is 4.91. The lowest BCUT2D eigenvalue weighted by atomic mass is 10.2. The number of ether oxygens (including phenoxy) is 2. The zero-order chi connectivity index (χ0) is 15.2. The summed E-state index contributed by atoms with van der Waals surface area (Å²) in [6, 6.07) is 5.21. The van der Waals surface area contributed by atoms with Crippen molar-refractivity contribution in [3.05, 3.63) is 18.2 Å². The summed E-state index contributed by atoms with van der Waals surface area (Å²) < 4.78 is 10.5. The van der Waals surface area contributed by atoms with Gasteiger partial charge in [0.05, 0.1) is 6.54 Å². The Morgan fingerprint density at radius 1 is 1.29 bits per heavy atom. The number of nitrogens with zero attached hydrogens (tertiary/aromatic N) is 1. The molecule has 1 aliphatic heterocycles. The highest BCUT2D eigenvalue weighted by molar-refractivity contribution is 5.94. The molecule has 0 atom stereocenters. The van der Waals surface area contributed by atoms with Crippen LogP contribution in [0.25, 0.3) is 0 Å². The van der Waals surface area contributed by atoms with Crippen LogP contribution < -0.4 is 14.8 Å². The summed E-state index contributed by atoms with van der Waals surface area (Å²) in [6.07, 6.45) is 1.87. The Labute approximate surface area is 124 Å². The second-order valence-electron chi connectivity index (χ2n) is 4.91. The molecule has 0 fully saturated rings.